The van der Waals surface area contributed by atoms with Gasteiger partial charge in [0.2, 0.25) is 0 Å². The van der Waals surface area contributed by atoms with E-state index < -0.39 is 5.60 Å². The summed E-state index contributed by atoms with van der Waals surface area (Å²) >= 11 is 6.22. The molecule has 24 heavy (non-hydrogen) atoms. The van der Waals surface area contributed by atoms with Gasteiger partial charge in [-0.15, -0.1) is 0 Å². The van der Waals surface area contributed by atoms with Gasteiger partial charge >= 0.3 is 0 Å². The highest BCUT2D eigenvalue weighted by molar-refractivity contribution is 6.32. The van der Waals surface area contributed by atoms with Crippen molar-refractivity contribution in [2.75, 3.05) is 18.5 Å². The Morgan fingerprint density at radius 3 is 2.46 bits per heavy atom. The van der Waals surface area contributed by atoms with Crippen LogP contribution in [0, 0.1) is 5.92 Å². The van der Waals surface area contributed by atoms with Gasteiger partial charge < -0.3 is 14.8 Å². The maximum atomic E-state index is 12.7. The van der Waals surface area contributed by atoms with Crippen LogP contribution in [0.2, 0.25) is 5.02 Å². The van der Waals surface area contributed by atoms with Gasteiger partial charge in [0.25, 0.3) is 5.91 Å². The number of benzene rings is 1. The van der Waals surface area contributed by atoms with Crippen LogP contribution in [0.25, 0.3) is 0 Å². The van der Waals surface area contributed by atoms with Gasteiger partial charge in [-0.3, -0.25) is 4.79 Å². The molecule has 0 aromatic heterocycles. The zero-order valence-corrected chi connectivity index (χ0v) is 16.2. The first-order valence-corrected chi connectivity index (χ1v) is 9.08. The summed E-state index contributed by atoms with van der Waals surface area (Å²) in [6.45, 7) is 11.2. The highest BCUT2D eigenvalue weighted by Gasteiger charge is 2.35. The fourth-order valence-electron chi connectivity index (χ4n) is 2.49. The monoisotopic (exact) mass is 355 g/mol. The molecule has 0 bridgehead atoms. The first-order chi connectivity index (χ1) is 11.3. The van der Waals surface area contributed by atoms with Crippen molar-refractivity contribution in [1.29, 1.82) is 0 Å². The molecule has 0 saturated heterocycles. The van der Waals surface area contributed by atoms with Crippen molar-refractivity contribution in [2.24, 2.45) is 5.92 Å². The average molecular weight is 356 g/mol. The summed E-state index contributed by atoms with van der Waals surface area (Å²) in [5, 5.41) is 3.40. The minimum absolute atomic E-state index is 0.150. The van der Waals surface area contributed by atoms with Crippen LogP contribution in [0.4, 0.5) is 5.69 Å². The van der Waals surface area contributed by atoms with E-state index in [4.69, 9.17) is 21.1 Å². The first kappa shape index (κ1) is 20.8. The number of hydrogen-bond donors (Lipinski definition) is 1. The van der Waals surface area contributed by atoms with Gasteiger partial charge in [-0.1, -0.05) is 39.3 Å². The van der Waals surface area contributed by atoms with E-state index in [0.717, 1.165) is 12.8 Å². The van der Waals surface area contributed by atoms with Gasteiger partial charge in [0.05, 0.1) is 11.6 Å². The van der Waals surface area contributed by atoms with E-state index in [2.05, 4.69) is 19.2 Å². The van der Waals surface area contributed by atoms with Crippen LogP contribution in [0.3, 0.4) is 0 Å². The van der Waals surface area contributed by atoms with Gasteiger partial charge in [-0.2, -0.15) is 0 Å². The SMILES string of the molecule is CCCOc1ccc(NC(=O)C(C)(CC(C)C)OCCC)cc1Cl. The average Bonchev–Trinajstić information content (AvgIpc) is 2.51. The predicted molar refractivity (Wildman–Crippen MR) is 100.0 cm³/mol. The van der Waals surface area contributed by atoms with Crippen LogP contribution in [0.5, 0.6) is 5.75 Å². The second kappa shape index (κ2) is 9.90. The number of amides is 1. The molecule has 1 unspecified atom stereocenters. The van der Waals surface area contributed by atoms with Crippen molar-refractivity contribution in [3.05, 3.63) is 23.2 Å². The summed E-state index contributed by atoms with van der Waals surface area (Å²) in [7, 11) is 0. The molecule has 136 valence electrons. The van der Waals surface area contributed by atoms with Crippen molar-refractivity contribution in [2.45, 2.75) is 59.5 Å². The molecule has 1 N–H and O–H groups in total. The van der Waals surface area contributed by atoms with E-state index >= 15 is 0 Å². The summed E-state index contributed by atoms with van der Waals surface area (Å²) in [4.78, 5) is 12.7. The molecule has 0 spiro atoms. The Bertz CT molecular complexity index is 533. The van der Waals surface area contributed by atoms with E-state index in [0.29, 0.717) is 42.0 Å². The Morgan fingerprint density at radius 2 is 1.92 bits per heavy atom. The van der Waals surface area contributed by atoms with Crippen molar-refractivity contribution < 1.29 is 14.3 Å². The molecule has 5 heteroatoms. The fourth-order valence-corrected chi connectivity index (χ4v) is 2.73. The van der Waals surface area contributed by atoms with Gasteiger partial charge in [0.15, 0.2) is 0 Å². The molecule has 4 nitrogen and oxygen atoms in total. The lowest BCUT2D eigenvalue weighted by Gasteiger charge is -2.30. The quantitative estimate of drug-likeness (QED) is 0.619. The molecule has 1 rings (SSSR count). The number of halogens is 1. The van der Waals surface area contributed by atoms with Gasteiger partial charge in [0.1, 0.15) is 11.4 Å². The van der Waals surface area contributed by atoms with E-state index in [-0.39, 0.29) is 5.91 Å². The van der Waals surface area contributed by atoms with Gasteiger partial charge in [-0.05, 0) is 50.3 Å². The van der Waals surface area contributed by atoms with Gasteiger partial charge in [0, 0.05) is 12.3 Å². The second-order valence-corrected chi connectivity index (χ2v) is 7.03. The maximum Gasteiger partial charge on any atom is 0.256 e. The lowest BCUT2D eigenvalue weighted by molar-refractivity contribution is -0.141. The molecule has 1 aromatic rings. The number of rotatable bonds is 10. The standard InChI is InChI=1S/C19H30ClNO3/c1-6-10-23-17-9-8-15(12-16(17)20)21-18(22)19(5,13-14(3)4)24-11-7-2/h8-9,12,14H,6-7,10-11,13H2,1-5H3,(H,21,22). The molecule has 0 aliphatic carbocycles. The Labute approximate surface area is 150 Å². The van der Waals surface area contributed by atoms with Crippen LogP contribution < -0.4 is 10.1 Å². The van der Waals surface area contributed by atoms with Gasteiger partial charge in [-0.25, -0.2) is 0 Å². The zero-order valence-electron chi connectivity index (χ0n) is 15.4. The van der Waals surface area contributed by atoms with Crippen molar-refractivity contribution in [1.82, 2.24) is 0 Å². The summed E-state index contributed by atoms with van der Waals surface area (Å²) in [5.74, 6) is 0.831. The third-order valence-corrected chi connectivity index (χ3v) is 3.85. The van der Waals surface area contributed by atoms with Crippen LogP contribution in [0.1, 0.15) is 53.9 Å². The highest BCUT2D eigenvalue weighted by Crippen LogP contribution is 2.29. The second-order valence-electron chi connectivity index (χ2n) is 6.63. The molecular formula is C19H30ClNO3. The predicted octanol–water partition coefficient (Wildman–Crippen LogP) is 5.30. The number of nitrogens with one attached hydrogen (secondary N) is 1. The number of carbonyl (C=O) groups is 1. The highest BCUT2D eigenvalue weighted by atomic mass is 35.5. The van der Waals surface area contributed by atoms with Crippen LogP contribution >= 0.6 is 11.6 Å². The molecule has 1 atom stereocenters. The minimum atomic E-state index is -0.853. The molecule has 0 saturated carbocycles. The minimum Gasteiger partial charge on any atom is -0.492 e. The number of carbonyl (C=O) groups excluding carboxylic acids is 1. The van der Waals surface area contributed by atoms with Crippen LogP contribution in [0.15, 0.2) is 18.2 Å². The van der Waals surface area contributed by atoms with Crippen molar-refractivity contribution >= 4 is 23.2 Å². The van der Waals surface area contributed by atoms with Crippen LogP contribution in [-0.4, -0.2) is 24.7 Å². The Morgan fingerprint density at radius 1 is 1.25 bits per heavy atom. The molecule has 0 aliphatic heterocycles. The number of anilines is 1. The number of ether oxygens (including phenoxy) is 2. The van der Waals surface area contributed by atoms with E-state index in [1.54, 1.807) is 18.2 Å². The number of hydrogen-bond acceptors (Lipinski definition) is 3. The van der Waals surface area contributed by atoms with E-state index in [1.807, 2.05) is 20.8 Å². The topological polar surface area (TPSA) is 47.6 Å². The van der Waals surface area contributed by atoms with E-state index in [9.17, 15) is 4.79 Å². The normalized spacial score (nSPS) is 13.6. The Kier molecular flexibility index (Phi) is 8.57. The molecule has 0 aliphatic rings. The molecule has 1 amide bonds. The maximum absolute atomic E-state index is 12.7. The molecule has 0 fully saturated rings. The molecule has 0 heterocycles. The molecule has 0 radical (unpaired) electrons. The molecule has 1 aromatic carbocycles. The lowest BCUT2D eigenvalue weighted by Crippen LogP contribution is -2.44. The van der Waals surface area contributed by atoms with E-state index in [1.165, 1.54) is 0 Å². The first-order valence-electron chi connectivity index (χ1n) is 8.70. The third kappa shape index (κ3) is 6.33. The Balaban J connectivity index is 2.84. The third-order valence-electron chi connectivity index (χ3n) is 3.55. The smallest absolute Gasteiger partial charge is 0.256 e. The zero-order chi connectivity index (χ0) is 18.2. The van der Waals surface area contributed by atoms with Crippen molar-refractivity contribution in [3.63, 3.8) is 0 Å². The lowest BCUT2D eigenvalue weighted by atomic mass is 9.93. The Hall–Kier alpha value is -1.26. The summed E-state index contributed by atoms with van der Waals surface area (Å²) in [5.41, 5.74) is -0.211. The summed E-state index contributed by atoms with van der Waals surface area (Å²) in [6.07, 6.45) is 2.44. The largest absolute Gasteiger partial charge is 0.492 e. The summed E-state index contributed by atoms with van der Waals surface area (Å²) < 4.78 is 11.4. The van der Waals surface area contributed by atoms with Crippen molar-refractivity contribution in [3.8, 4) is 5.75 Å². The fraction of sp³-hybridized carbons (Fsp3) is 0.632. The summed E-state index contributed by atoms with van der Waals surface area (Å²) in [6, 6.07) is 5.28. The molecular weight excluding hydrogens is 326 g/mol. The van der Waals surface area contributed by atoms with Crippen LogP contribution in [-0.2, 0) is 9.53 Å².